The molecule has 1 aromatic heterocycles. The van der Waals surface area contributed by atoms with Gasteiger partial charge < -0.3 is 21.7 Å². The summed E-state index contributed by atoms with van der Waals surface area (Å²) in [6, 6.07) is 15.8. The van der Waals surface area contributed by atoms with Gasteiger partial charge in [-0.05, 0) is 24.0 Å². The maximum absolute atomic E-state index is 13.1. The number of carbonyl (C=O) groups excluding carboxylic acids is 2. The fourth-order valence-corrected chi connectivity index (χ4v) is 4.10. The third-order valence-corrected chi connectivity index (χ3v) is 6.09. The van der Waals surface area contributed by atoms with E-state index in [9.17, 15) is 9.59 Å². The van der Waals surface area contributed by atoms with Crippen LogP contribution in [-0.2, 0) is 9.59 Å². The molecule has 1 fully saturated rings. The van der Waals surface area contributed by atoms with E-state index in [4.69, 9.17) is 21.4 Å². The molecule has 1 aliphatic rings. The van der Waals surface area contributed by atoms with E-state index < -0.39 is 23.4 Å². The molecular formula is C25H30N6O2. The molecule has 172 valence electrons. The van der Waals surface area contributed by atoms with Gasteiger partial charge in [0.15, 0.2) is 5.82 Å². The van der Waals surface area contributed by atoms with Crippen LogP contribution in [0.25, 0.3) is 22.3 Å². The van der Waals surface area contributed by atoms with E-state index in [-0.39, 0.29) is 11.9 Å². The number of carbonyl (C=O) groups is 2. The van der Waals surface area contributed by atoms with E-state index in [1.807, 2.05) is 75.4 Å². The molecule has 0 spiro atoms. The van der Waals surface area contributed by atoms with Gasteiger partial charge in [-0.3, -0.25) is 9.59 Å². The maximum atomic E-state index is 13.1. The molecule has 8 nitrogen and oxygen atoms in total. The van der Waals surface area contributed by atoms with Crippen molar-refractivity contribution in [2.75, 3.05) is 11.9 Å². The average Bonchev–Trinajstić information content (AvgIpc) is 3.22. The van der Waals surface area contributed by atoms with Crippen LogP contribution in [0.4, 0.5) is 5.82 Å². The number of benzene rings is 2. The second kappa shape index (κ2) is 8.78. The summed E-state index contributed by atoms with van der Waals surface area (Å²) in [5.41, 5.74) is 13.1. The summed E-state index contributed by atoms with van der Waals surface area (Å²) in [4.78, 5) is 36.3. The molecule has 33 heavy (non-hydrogen) atoms. The van der Waals surface area contributed by atoms with Gasteiger partial charge in [-0.15, -0.1) is 0 Å². The number of amides is 2. The minimum atomic E-state index is -0.734. The zero-order chi connectivity index (χ0) is 23.8. The largest absolute Gasteiger partial charge is 0.368 e. The lowest BCUT2D eigenvalue weighted by Crippen LogP contribution is -2.54. The van der Waals surface area contributed by atoms with E-state index in [0.29, 0.717) is 24.6 Å². The van der Waals surface area contributed by atoms with Crippen LogP contribution in [0.1, 0.15) is 27.2 Å². The van der Waals surface area contributed by atoms with Crippen LogP contribution in [0.5, 0.6) is 0 Å². The quantitative estimate of drug-likeness (QED) is 0.553. The topological polar surface area (TPSA) is 127 Å². The molecule has 0 saturated carbocycles. The minimum absolute atomic E-state index is 0.208. The van der Waals surface area contributed by atoms with Crippen LogP contribution < -0.4 is 16.8 Å². The number of fused-ring (bicyclic) bond motifs is 1. The van der Waals surface area contributed by atoms with E-state index in [1.54, 1.807) is 0 Å². The molecule has 1 aliphatic heterocycles. The molecule has 3 atom stereocenters. The minimum Gasteiger partial charge on any atom is -0.368 e. The van der Waals surface area contributed by atoms with E-state index in [0.717, 1.165) is 16.5 Å². The highest BCUT2D eigenvalue weighted by molar-refractivity contribution is 5.92. The van der Waals surface area contributed by atoms with Gasteiger partial charge in [0.25, 0.3) is 0 Å². The third-order valence-electron chi connectivity index (χ3n) is 6.09. The van der Waals surface area contributed by atoms with Gasteiger partial charge >= 0.3 is 0 Å². The van der Waals surface area contributed by atoms with E-state index in [2.05, 4.69) is 5.32 Å². The molecule has 8 heteroatoms. The summed E-state index contributed by atoms with van der Waals surface area (Å²) in [5, 5.41) is 4.31. The van der Waals surface area contributed by atoms with Gasteiger partial charge in [-0.1, -0.05) is 63.2 Å². The Morgan fingerprint density at radius 3 is 2.39 bits per heavy atom. The molecule has 0 unspecified atom stereocenters. The van der Waals surface area contributed by atoms with Crippen molar-refractivity contribution >= 4 is 28.5 Å². The van der Waals surface area contributed by atoms with Gasteiger partial charge in [0, 0.05) is 23.5 Å². The number of likely N-dealkylation sites (tertiary alicyclic amines) is 1. The zero-order valence-corrected chi connectivity index (χ0v) is 19.2. The van der Waals surface area contributed by atoms with E-state index >= 15 is 0 Å². The highest BCUT2D eigenvalue weighted by Gasteiger charge is 2.42. The van der Waals surface area contributed by atoms with Crippen molar-refractivity contribution in [1.82, 2.24) is 14.9 Å². The Labute approximate surface area is 193 Å². The third kappa shape index (κ3) is 4.66. The Kier molecular flexibility index (Phi) is 6.03. The number of hydrogen-bond donors (Lipinski definition) is 3. The van der Waals surface area contributed by atoms with Crippen molar-refractivity contribution in [3.05, 3.63) is 54.6 Å². The fourth-order valence-electron chi connectivity index (χ4n) is 4.10. The average molecular weight is 447 g/mol. The number of nitrogens with two attached hydrogens (primary N) is 2. The van der Waals surface area contributed by atoms with Gasteiger partial charge in [0.1, 0.15) is 11.9 Å². The predicted octanol–water partition coefficient (Wildman–Crippen LogP) is 2.54. The Bertz CT molecular complexity index is 1170. The highest BCUT2D eigenvalue weighted by atomic mass is 16.2. The van der Waals surface area contributed by atoms with Crippen LogP contribution in [0.2, 0.25) is 0 Å². The molecule has 0 bridgehead atoms. The number of nitrogens with one attached hydrogen (secondary N) is 1. The summed E-state index contributed by atoms with van der Waals surface area (Å²) in [5.74, 6) is 0.449. The van der Waals surface area contributed by atoms with Crippen molar-refractivity contribution in [3.63, 3.8) is 0 Å². The van der Waals surface area contributed by atoms with Crippen LogP contribution in [0.3, 0.4) is 0 Å². The standard InChI is InChI=1S/C25H30N6O2/c1-25(2,3)20(26)24(33)31-14-16(13-19(31)21(27)32)28-23-17-11-7-8-12-18(17)29-22(30-23)15-9-5-4-6-10-15/h4-12,16,19-20H,13-14,26H2,1-3H3,(H2,27,32)(H,28,29,30)/t16-,19+,20-/m1/s1. The van der Waals surface area contributed by atoms with Crippen molar-refractivity contribution in [2.24, 2.45) is 16.9 Å². The first kappa shape index (κ1) is 22.7. The first-order valence-corrected chi connectivity index (χ1v) is 11.1. The Hall–Kier alpha value is -3.52. The smallest absolute Gasteiger partial charge is 0.240 e. The van der Waals surface area contributed by atoms with Crippen LogP contribution in [0, 0.1) is 5.41 Å². The molecule has 5 N–H and O–H groups in total. The number of aromatic nitrogens is 2. The Balaban J connectivity index is 1.65. The molecule has 3 aromatic rings. The number of para-hydroxylation sites is 1. The highest BCUT2D eigenvalue weighted by Crippen LogP contribution is 2.29. The Morgan fingerprint density at radius 2 is 1.73 bits per heavy atom. The lowest BCUT2D eigenvalue weighted by molar-refractivity contribution is -0.140. The molecule has 1 saturated heterocycles. The zero-order valence-electron chi connectivity index (χ0n) is 19.2. The maximum Gasteiger partial charge on any atom is 0.240 e. The molecule has 0 radical (unpaired) electrons. The van der Waals surface area contributed by atoms with Crippen molar-refractivity contribution in [2.45, 2.75) is 45.3 Å². The number of primary amides is 1. The lowest BCUT2D eigenvalue weighted by atomic mass is 9.86. The van der Waals surface area contributed by atoms with Crippen molar-refractivity contribution < 1.29 is 9.59 Å². The predicted molar refractivity (Wildman–Crippen MR) is 129 cm³/mol. The van der Waals surface area contributed by atoms with Crippen LogP contribution in [-0.4, -0.2) is 51.4 Å². The summed E-state index contributed by atoms with van der Waals surface area (Å²) in [6.07, 6.45) is 0.386. The summed E-state index contributed by atoms with van der Waals surface area (Å²) in [7, 11) is 0. The molecule has 2 heterocycles. The fraction of sp³-hybridized carbons (Fsp3) is 0.360. The van der Waals surface area contributed by atoms with Crippen molar-refractivity contribution in [3.8, 4) is 11.4 Å². The van der Waals surface area contributed by atoms with Crippen molar-refractivity contribution in [1.29, 1.82) is 0 Å². The van der Waals surface area contributed by atoms with Gasteiger partial charge in [0.05, 0.1) is 11.6 Å². The first-order valence-electron chi connectivity index (χ1n) is 11.1. The van der Waals surface area contributed by atoms with Gasteiger partial charge in [-0.2, -0.15) is 0 Å². The number of hydrogen-bond acceptors (Lipinski definition) is 6. The summed E-state index contributed by atoms with van der Waals surface area (Å²) in [6.45, 7) is 6.02. The second-order valence-electron chi connectivity index (χ2n) is 9.61. The lowest BCUT2D eigenvalue weighted by Gasteiger charge is -2.32. The van der Waals surface area contributed by atoms with Gasteiger partial charge in [0.2, 0.25) is 11.8 Å². The van der Waals surface area contributed by atoms with Gasteiger partial charge in [-0.25, -0.2) is 9.97 Å². The summed E-state index contributed by atoms with van der Waals surface area (Å²) >= 11 is 0. The first-order chi connectivity index (χ1) is 15.6. The number of anilines is 1. The molecule has 0 aliphatic carbocycles. The van der Waals surface area contributed by atoms with Crippen LogP contribution in [0.15, 0.2) is 54.6 Å². The molecule has 2 amide bonds. The molecule has 4 rings (SSSR count). The Morgan fingerprint density at radius 1 is 1.06 bits per heavy atom. The SMILES string of the molecule is CC(C)(C)[C@H](N)C(=O)N1C[C@H](Nc2nc(-c3ccccc3)nc3ccccc23)C[C@H]1C(N)=O. The summed E-state index contributed by atoms with van der Waals surface area (Å²) < 4.78 is 0. The number of rotatable bonds is 5. The normalized spacial score (nSPS) is 19.5. The molecule has 2 aromatic carbocycles. The second-order valence-corrected chi connectivity index (χ2v) is 9.61. The number of nitrogens with zero attached hydrogens (tertiary/aromatic N) is 3. The molecular weight excluding hydrogens is 416 g/mol. The monoisotopic (exact) mass is 446 g/mol. The van der Waals surface area contributed by atoms with E-state index in [1.165, 1.54) is 4.90 Å². The van der Waals surface area contributed by atoms with Crippen LogP contribution >= 0.6 is 0 Å².